The lowest BCUT2D eigenvalue weighted by atomic mass is 10.2. The number of hydrogen-bond donors (Lipinski definition) is 1. The second kappa shape index (κ2) is 6.03. The first kappa shape index (κ1) is 14.5. The summed E-state index contributed by atoms with van der Waals surface area (Å²) in [5.41, 5.74) is 2.00. The Bertz CT molecular complexity index is 479. The maximum Gasteiger partial charge on any atom is 0.246 e. The molecule has 1 unspecified atom stereocenters. The van der Waals surface area contributed by atoms with Gasteiger partial charge in [0.05, 0.1) is 6.61 Å². The van der Waals surface area contributed by atoms with Crippen LogP contribution in [0.5, 0.6) is 0 Å². The van der Waals surface area contributed by atoms with Crippen molar-refractivity contribution in [3.05, 3.63) is 28.2 Å². The van der Waals surface area contributed by atoms with E-state index in [2.05, 4.69) is 15.9 Å². The standard InChI is InChI=1S/C14H19BrN2O2/c1-10-8-11(4-5-12(10)15)17-7-3-6-16(2)13(9-18)14(17)19/h4-5,8,13,18H,3,6-7,9H2,1-2H3. The minimum absolute atomic E-state index is 0.0239. The summed E-state index contributed by atoms with van der Waals surface area (Å²) in [6.45, 7) is 3.39. The van der Waals surface area contributed by atoms with Gasteiger partial charge in [-0.2, -0.15) is 0 Å². The Morgan fingerprint density at radius 1 is 1.42 bits per heavy atom. The average Bonchev–Trinajstić information content (AvgIpc) is 2.52. The van der Waals surface area contributed by atoms with E-state index < -0.39 is 6.04 Å². The Morgan fingerprint density at radius 3 is 2.79 bits per heavy atom. The van der Waals surface area contributed by atoms with E-state index in [1.807, 2.05) is 37.1 Å². The summed E-state index contributed by atoms with van der Waals surface area (Å²) >= 11 is 3.47. The molecule has 104 valence electrons. The Balaban J connectivity index is 2.31. The first-order valence-electron chi connectivity index (χ1n) is 6.43. The van der Waals surface area contributed by atoms with Gasteiger partial charge in [0.2, 0.25) is 5.91 Å². The normalized spacial score (nSPS) is 21.6. The molecule has 0 bridgehead atoms. The molecule has 0 aliphatic carbocycles. The summed E-state index contributed by atoms with van der Waals surface area (Å²) in [4.78, 5) is 16.2. The van der Waals surface area contributed by atoms with Gasteiger partial charge in [-0.1, -0.05) is 15.9 Å². The number of benzene rings is 1. The molecule has 0 radical (unpaired) electrons. The third kappa shape index (κ3) is 2.99. The first-order chi connectivity index (χ1) is 9.04. The van der Waals surface area contributed by atoms with Crippen LogP contribution < -0.4 is 4.90 Å². The van der Waals surface area contributed by atoms with Crippen molar-refractivity contribution < 1.29 is 9.90 Å². The lowest BCUT2D eigenvalue weighted by Gasteiger charge is -2.27. The molecule has 1 aliphatic heterocycles. The van der Waals surface area contributed by atoms with E-state index in [9.17, 15) is 9.90 Å². The highest BCUT2D eigenvalue weighted by molar-refractivity contribution is 9.10. The minimum Gasteiger partial charge on any atom is -0.394 e. The Kier molecular flexibility index (Phi) is 4.60. The lowest BCUT2D eigenvalue weighted by Crippen LogP contribution is -2.46. The SMILES string of the molecule is Cc1cc(N2CCCN(C)C(CO)C2=O)ccc1Br. The predicted octanol–water partition coefficient (Wildman–Crippen LogP) is 1.79. The van der Waals surface area contributed by atoms with Gasteiger partial charge in [-0.05, 0) is 44.2 Å². The van der Waals surface area contributed by atoms with Gasteiger partial charge in [-0.3, -0.25) is 9.69 Å². The molecule has 0 spiro atoms. The molecule has 0 aromatic heterocycles. The third-order valence-electron chi connectivity index (χ3n) is 3.60. The quantitative estimate of drug-likeness (QED) is 0.901. The number of likely N-dealkylation sites (N-methyl/N-ethyl adjacent to an activating group) is 1. The van der Waals surface area contributed by atoms with Crippen molar-refractivity contribution in [2.45, 2.75) is 19.4 Å². The van der Waals surface area contributed by atoms with E-state index in [4.69, 9.17) is 0 Å². The molecule has 1 aromatic rings. The van der Waals surface area contributed by atoms with Crippen molar-refractivity contribution in [1.29, 1.82) is 0 Å². The molecule has 1 amide bonds. The van der Waals surface area contributed by atoms with E-state index in [1.165, 1.54) is 0 Å². The van der Waals surface area contributed by atoms with Crippen molar-refractivity contribution in [2.24, 2.45) is 0 Å². The zero-order valence-electron chi connectivity index (χ0n) is 11.3. The van der Waals surface area contributed by atoms with Crippen LogP contribution in [0, 0.1) is 6.92 Å². The molecule has 1 saturated heterocycles. The molecule has 1 fully saturated rings. The zero-order chi connectivity index (χ0) is 14.0. The summed E-state index contributed by atoms with van der Waals surface area (Å²) in [5.74, 6) is -0.0239. The molecule has 2 rings (SSSR count). The summed E-state index contributed by atoms with van der Waals surface area (Å²) in [6.07, 6.45) is 0.911. The van der Waals surface area contributed by atoms with E-state index in [1.54, 1.807) is 4.90 Å². The van der Waals surface area contributed by atoms with Crippen LogP contribution in [0.25, 0.3) is 0 Å². The molecule has 19 heavy (non-hydrogen) atoms. The minimum atomic E-state index is -0.438. The van der Waals surface area contributed by atoms with Crippen LogP contribution in [0.2, 0.25) is 0 Å². The topological polar surface area (TPSA) is 43.8 Å². The van der Waals surface area contributed by atoms with Gasteiger partial charge in [0, 0.05) is 23.2 Å². The van der Waals surface area contributed by atoms with E-state index in [0.29, 0.717) is 6.54 Å². The average molecular weight is 327 g/mol. The molecule has 1 heterocycles. The number of rotatable bonds is 2. The monoisotopic (exact) mass is 326 g/mol. The van der Waals surface area contributed by atoms with Gasteiger partial charge in [-0.15, -0.1) is 0 Å². The van der Waals surface area contributed by atoms with E-state index in [0.717, 1.165) is 28.7 Å². The number of carbonyl (C=O) groups excluding carboxylic acids is 1. The number of aliphatic hydroxyl groups is 1. The number of aliphatic hydroxyl groups excluding tert-OH is 1. The number of nitrogens with zero attached hydrogens (tertiary/aromatic N) is 2. The molecule has 0 saturated carbocycles. The van der Waals surface area contributed by atoms with E-state index >= 15 is 0 Å². The fourth-order valence-corrected chi connectivity index (χ4v) is 2.63. The second-order valence-electron chi connectivity index (χ2n) is 4.96. The Hall–Kier alpha value is -0.910. The van der Waals surface area contributed by atoms with Crippen molar-refractivity contribution >= 4 is 27.5 Å². The van der Waals surface area contributed by atoms with Crippen molar-refractivity contribution in [3.8, 4) is 0 Å². The van der Waals surface area contributed by atoms with Crippen LogP contribution in [0.4, 0.5) is 5.69 Å². The number of aryl methyl sites for hydroxylation is 1. The van der Waals surface area contributed by atoms with Crippen molar-refractivity contribution in [1.82, 2.24) is 4.90 Å². The highest BCUT2D eigenvalue weighted by atomic mass is 79.9. The summed E-state index contributed by atoms with van der Waals surface area (Å²) < 4.78 is 1.04. The molecular weight excluding hydrogens is 308 g/mol. The van der Waals surface area contributed by atoms with Crippen molar-refractivity contribution in [2.75, 3.05) is 31.6 Å². The van der Waals surface area contributed by atoms with Crippen molar-refractivity contribution in [3.63, 3.8) is 0 Å². The third-order valence-corrected chi connectivity index (χ3v) is 4.49. The number of amides is 1. The largest absolute Gasteiger partial charge is 0.394 e. The molecule has 1 atom stereocenters. The maximum atomic E-state index is 12.5. The summed E-state index contributed by atoms with van der Waals surface area (Å²) in [7, 11) is 1.88. The lowest BCUT2D eigenvalue weighted by molar-refractivity contribution is -0.123. The number of halogens is 1. The van der Waals surface area contributed by atoms with Gasteiger partial charge in [-0.25, -0.2) is 0 Å². The van der Waals surface area contributed by atoms with Gasteiger partial charge in [0.25, 0.3) is 0 Å². The second-order valence-corrected chi connectivity index (χ2v) is 5.81. The van der Waals surface area contributed by atoms with Crippen LogP contribution in [-0.2, 0) is 4.79 Å². The Labute approximate surface area is 122 Å². The molecule has 1 aliphatic rings. The highest BCUT2D eigenvalue weighted by Gasteiger charge is 2.30. The first-order valence-corrected chi connectivity index (χ1v) is 7.22. The molecule has 1 N–H and O–H groups in total. The Morgan fingerprint density at radius 2 is 2.16 bits per heavy atom. The molecular formula is C14H19BrN2O2. The van der Waals surface area contributed by atoms with Crippen LogP contribution in [0.15, 0.2) is 22.7 Å². The molecule has 4 nitrogen and oxygen atoms in total. The van der Waals surface area contributed by atoms with Crippen LogP contribution in [-0.4, -0.2) is 48.7 Å². The van der Waals surface area contributed by atoms with Crippen LogP contribution in [0.1, 0.15) is 12.0 Å². The smallest absolute Gasteiger partial charge is 0.246 e. The number of carbonyl (C=O) groups is 1. The number of hydrogen-bond acceptors (Lipinski definition) is 3. The summed E-state index contributed by atoms with van der Waals surface area (Å²) in [5, 5.41) is 9.42. The zero-order valence-corrected chi connectivity index (χ0v) is 12.9. The van der Waals surface area contributed by atoms with Gasteiger partial charge in [0.1, 0.15) is 6.04 Å². The molecule has 5 heteroatoms. The van der Waals surface area contributed by atoms with Crippen LogP contribution in [0.3, 0.4) is 0 Å². The molecule has 1 aromatic carbocycles. The van der Waals surface area contributed by atoms with Gasteiger partial charge < -0.3 is 10.0 Å². The fourth-order valence-electron chi connectivity index (χ4n) is 2.38. The highest BCUT2D eigenvalue weighted by Crippen LogP contribution is 2.25. The number of anilines is 1. The van der Waals surface area contributed by atoms with Gasteiger partial charge >= 0.3 is 0 Å². The van der Waals surface area contributed by atoms with E-state index in [-0.39, 0.29) is 12.5 Å². The predicted molar refractivity (Wildman–Crippen MR) is 79.4 cm³/mol. The van der Waals surface area contributed by atoms with Gasteiger partial charge in [0.15, 0.2) is 0 Å². The summed E-state index contributed by atoms with van der Waals surface area (Å²) in [6, 6.07) is 5.46. The van der Waals surface area contributed by atoms with Crippen LogP contribution >= 0.6 is 15.9 Å². The maximum absolute atomic E-state index is 12.5. The fraction of sp³-hybridized carbons (Fsp3) is 0.500.